The first kappa shape index (κ1) is 81.7. The number of nitrogens with zero attached hydrogens (tertiary/aromatic N) is 16. The Kier molecular flexibility index (Phi) is 23.0. The molecule has 5 aromatic carbocycles. The van der Waals surface area contributed by atoms with Crippen LogP contribution in [0.1, 0.15) is 196 Å². The molecule has 40 nitrogen and oxygen atoms in total. The number of H-pyrrole nitrogens is 3. The van der Waals surface area contributed by atoms with Gasteiger partial charge in [-0.05, 0) is 223 Å². The van der Waals surface area contributed by atoms with Crippen molar-refractivity contribution in [3.8, 4) is 40.8 Å². The number of halogens is 3. The van der Waals surface area contributed by atoms with Crippen LogP contribution in [0, 0.1) is 53.0 Å². The zero-order valence-electron chi connectivity index (χ0n) is 120. The number of aromatic nitrogens is 15. The number of sulfone groups is 2. The Labute approximate surface area is 889 Å². The second-order valence-corrected chi connectivity index (χ2v) is 44.0. The Bertz CT molecular complexity index is 7490. The molecule has 9 aromatic heterocycles. The maximum absolute atomic E-state index is 15.2. The number of benzene rings is 5. The molecule has 20 rings (SSSR count). The number of carbonyl (C=O) groups is 2. The van der Waals surface area contributed by atoms with Crippen molar-refractivity contribution in [2.75, 3.05) is 99.5 Å². The lowest BCUT2D eigenvalue weighted by Gasteiger charge is -2.36. The van der Waals surface area contributed by atoms with Gasteiger partial charge in [0.2, 0.25) is 19.7 Å². The Hall–Kier alpha value is -13.7. The first-order chi connectivity index (χ1) is 86.3. The summed E-state index contributed by atoms with van der Waals surface area (Å²) >= 11 is 0. The summed E-state index contributed by atoms with van der Waals surface area (Å²) in [6, 6.07) is 21.4. The average molecular weight is 2100 g/mol. The number of anilines is 5. The highest BCUT2D eigenvalue weighted by Gasteiger charge is 2.49. The molecule has 3 saturated heterocycles. The molecule has 14 aromatic rings. The summed E-state index contributed by atoms with van der Waals surface area (Å²) in [5, 5.41) is 46.0. The fraction of sp³-hybridized carbons (Fsp3) is 0.434. The van der Waals surface area contributed by atoms with Crippen LogP contribution in [0.5, 0.6) is 40.8 Å². The lowest BCUT2D eigenvalue weighted by Crippen LogP contribution is -2.46. The minimum atomic E-state index is -4.39. The molecule has 6 fully saturated rings. The van der Waals surface area contributed by atoms with Gasteiger partial charge in [-0.1, -0.05) is 31.7 Å². The summed E-state index contributed by atoms with van der Waals surface area (Å²) in [5.41, 5.74) is 17.1. The van der Waals surface area contributed by atoms with Crippen LogP contribution in [0.25, 0.3) is 65.8 Å². The van der Waals surface area contributed by atoms with E-state index in [0.717, 1.165) is 72.2 Å². The lowest BCUT2D eigenvalue weighted by molar-refractivity contribution is 0.0579. The van der Waals surface area contributed by atoms with Crippen LogP contribution in [0.2, 0.25) is 0 Å². The van der Waals surface area contributed by atoms with Crippen LogP contribution in [0.4, 0.5) is 51.5 Å². The minimum Gasteiger partial charge on any atom is -0.505 e. The van der Waals surface area contributed by atoms with E-state index in [9.17, 15) is 46.1 Å². The molecular weight excluding hydrogens is 1900 g/mol. The molecule has 9 atom stereocenters. The summed E-state index contributed by atoms with van der Waals surface area (Å²) in [6.45, 7) is 25.3. The summed E-state index contributed by atoms with van der Waals surface area (Å²) in [5.74, 6) is 4.48. The molecule has 15 N–H and O–H groups in total. The lowest BCUT2D eigenvalue weighted by atomic mass is 9.72. The molecule has 0 radical (unpaired) electrons. The molecular formula is C99H161F3N24O16S2. The SMILES string of the molecule is C.CC(C)(O)c1ncc(O)cn1.CN(C(=O)OC(C)(C)C)c1cc(F)cc2c1[nH]c1nc(Oc3cnc(C(C)(C)O)nc3)nc(N3C[C@H]4C[C@@H](N)[C@H]4C3)c12.CNc1cc(F)cc2c1[nH]c1nc(Oc3cnc(C(C)(C)O)nc3)nc(N3C[C@H]4C[C@@H](N)[C@H]4C3)c12.COc1ccc(CS(=O)(=O)c2nc(S(=O)(=O)Cc3ccc(OC)cc3)c3c(n2)[nH]c2c(N(C)C(=O)OC(C)(C)C)cc(F)cc23)cc1.N[C@@H]1C[C@@H]2CNC[C@@H]21.[2HH].[2H][2H].[2H][2H].[2H][2H].[2H][2H].[2H][2H].[2H][2H].[2H][2H].[2H][2H].[2H][2H].[2H][2H].[2H][2H].[2H][2H].[2H][2H].[2H][2H].[2H][2H].[2H][2H].[2H][2H].[2H][2H].[2H][2H]. The fourth-order valence-electron chi connectivity index (χ4n) is 18.3. The van der Waals surface area contributed by atoms with Crippen molar-refractivity contribution in [3.05, 3.63) is 168 Å². The van der Waals surface area contributed by atoms with Crippen LogP contribution in [-0.4, -0.2) is 228 Å². The largest absolute Gasteiger partial charge is 0.505 e. The molecule has 806 valence electrons. The summed E-state index contributed by atoms with van der Waals surface area (Å²) < 4.78 is 323. The van der Waals surface area contributed by atoms with Gasteiger partial charge in [0.1, 0.15) is 85.5 Å². The normalized spacial score (nSPS) is 20.2. The molecule has 3 aliphatic heterocycles. The zero-order chi connectivity index (χ0) is 141. The minimum absolute atomic E-state index is 0. The first-order valence-electron chi connectivity index (χ1n) is 65.4. The van der Waals surface area contributed by atoms with E-state index in [1.165, 1.54) is 114 Å². The van der Waals surface area contributed by atoms with Gasteiger partial charge in [0.25, 0.3) is 5.16 Å². The number of hydrogen-bond acceptors (Lipinski definition) is 35. The standard InChI is InChI=1S/C32H33FN4O8S2.C29H35FN8O4.C24H27FN8O2.C7H10N2O2.C6H12N2.CH4.20H2/c1-32(2,3)45-31(38)37(4)25-16-21(33)15-24-26-28(34-27(24)25)35-30(47(41,42)18-20-9-13-23(44-6)14-10-20)36-29(26)46(39,40)17-19-7-11-22(43-5)12-8-19;1-28(2,3)42-27(39)37(6)20-9-15(30)8-17-21-23(34-22(17)20)35-26(41-16-10-32-25(33-11-16)29(4,5)40)36-24(21)38-12-14-7-19(31)18(14)13-38;1-24(2,34)22-28-7-13(8-29-22)35-23-31-20-18(14-5-12(25)6-17(27-3)19(14)30-20)21(32-23)33-9-11-4-16(26)15(11)10-33;1-7(2,11)6-8-3-5(10)4-9-6;7-6-1-4-2-8-3-5(4)6;;;;;;;;;;;;;;;;;;;;;/h7-16H,17-18H2,1-6H3,(H,34,35,36);8-11,14,18-19,40H,7,12-13,31H2,1-6H3,(H,34,35,36);5-8,11,15-16,27,34H,4,9-10,26H2,1-3H3,(H,30,31,32);3-4,10-11H,1-2H3;4-6,8H,1-3,7H2;1H4;20*1H/t;14-,18+,19-;11-,15+,16-;;4-,5+,6-;;;;;;;;;;;;;;;;;;;;;/m.11.1...................../s1/i;;;;;;19*1+1D;1+1. The van der Waals surface area contributed by atoms with Gasteiger partial charge in [0.05, 0.1) is 113 Å². The number of aliphatic hydroxyl groups is 3. The van der Waals surface area contributed by atoms with Gasteiger partial charge in [-0.15, -0.1) is 0 Å². The number of fused-ring (bicyclic) bond motifs is 12. The monoisotopic (exact) mass is 2100 g/mol. The number of carbonyl (C=O) groups excluding carboxylic acids is 2. The van der Waals surface area contributed by atoms with E-state index < -0.39 is 93.2 Å². The molecule has 6 aliphatic rings. The molecule has 144 heavy (non-hydrogen) atoms. The van der Waals surface area contributed by atoms with Crippen LogP contribution in [-0.2, 0) is 57.5 Å². The van der Waals surface area contributed by atoms with Crippen molar-refractivity contribution < 1.29 is 146 Å². The highest BCUT2D eigenvalue weighted by Crippen LogP contribution is 2.49. The smallest absolute Gasteiger partial charge is 0.414 e. The van der Waals surface area contributed by atoms with E-state index in [1.807, 2.05) is 0 Å². The van der Waals surface area contributed by atoms with Gasteiger partial charge in [0.15, 0.2) is 39.7 Å². The van der Waals surface area contributed by atoms with Crippen LogP contribution >= 0.6 is 0 Å². The molecule has 12 heterocycles. The predicted octanol–water partition coefficient (Wildman–Crippen LogP) is 18.2. The van der Waals surface area contributed by atoms with Crippen molar-refractivity contribution in [1.29, 1.82) is 0 Å². The average Bonchev–Trinajstić information content (AvgIpc) is 1.58. The van der Waals surface area contributed by atoms with Crippen molar-refractivity contribution in [3.63, 3.8) is 0 Å². The van der Waals surface area contributed by atoms with Crippen molar-refractivity contribution in [2.45, 2.75) is 178 Å². The Balaban J connectivity index is -0.000000531. The van der Waals surface area contributed by atoms with Gasteiger partial charge in [0, 0.05) is 139 Å². The molecule has 0 unspecified atom stereocenters. The van der Waals surface area contributed by atoms with Crippen molar-refractivity contribution in [2.24, 2.45) is 52.7 Å². The van der Waals surface area contributed by atoms with E-state index in [0.29, 0.717) is 126 Å². The van der Waals surface area contributed by atoms with E-state index in [4.69, 9.17) is 117 Å². The number of nitrogens with two attached hydrogens (primary N) is 3. The van der Waals surface area contributed by atoms with Crippen molar-refractivity contribution in [1.82, 2.24) is 80.1 Å². The number of hydrogen-bond donors (Lipinski definition) is 12. The fourth-order valence-corrected chi connectivity index (χ4v) is 21.1. The van der Waals surface area contributed by atoms with Crippen molar-refractivity contribution >= 4 is 126 Å². The quantitative estimate of drug-likeness (QED) is 0.0249. The maximum Gasteiger partial charge on any atom is 0.414 e. The number of ether oxygens (including phenoxy) is 6. The van der Waals surface area contributed by atoms with E-state index in [-0.39, 0.29) is 89.5 Å². The van der Waals surface area contributed by atoms with E-state index in [2.05, 4.69) is 85.2 Å². The molecule has 3 aliphatic carbocycles. The third-order valence-electron chi connectivity index (χ3n) is 25.6. The second kappa shape index (κ2) is 40.5. The third kappa shape index (κ3) is 22.8. The number of amides is 2. The summed E-state index contributed by atoms with van der Waals surface area (Å²) in [6.07, 6.45) is 10.1. The van der Waals surface area contributed by atoms with Gasteiger partial charge in [-0.2, -0.15) is 19.9 Å². The van der Waals surface area contributed by atoms with Crippen LogP contribution < -0.4 is 66.4 Å². The van der Waals surface area contributed by atoms with Gasteiger partial charge in [-0.25, -0.2) is 79.5 Å². The van der Waals surface area contributed by atoms with Crippen LogP contribution in [0.3, 0.4) is 0 Å². The van der Waals surface area contributed by atoms with Gasteiger partial charge < -0.3 is 101 Å². The highest BCUT2D eigenvalue weighted by molar-refractivity contribution is 7.91. The third-order valence-corrected chi connectivity index (χ3v) is 28.7. The topological polar surface area (TPSA) is 556 Å². The number of nitrogens with one attached hydrogen (secondary N) is 5. The summed E-state index contributed by atoms with van der Waals surface area (Å²) in [7, 11) is -1.11. The summed E-state index contributed by atoms with van der Waals surface area (Å²) in [4.78, 5) is 93.4. The Morgan fingerprint density at radius 2 is 0.868 bits per heavy atom. The highest BCUT2D eigenvalue weighted by atomic mass is 32.2. The Morgan fingerprint density at radius 1 is 0.493 bits per heavy atom. The van der Waals surface area contributed by atoms with E-state index >= 15 is 8.78 Å². The maximum atomic E-state index is 15.2. The van der Waals surface area contributed by atoms with Crippen LogP contribution in [0.15, 0.2) is 132 Å². The van der Waals surface area contributed by atoms with Gasteiger partial charge >= 0.3 is 24.2 Å². The number of aromatic amines is 3. The Morgan fingerprint density at radius 3 is 1.24 bits per heavy atom. The van der Waals surface area contributed by atoms with E-state index in [1.54, 1.807) is 139 Å². The molecule has 0 spiro atoms. The zero-order valence-corrected chi connectivity index (χ0v) is 83.7. The molecule has 3 saturated carbocycles. The van der Waals surface area contributed by atoms with Gasteiger partial charge in [-0.3, -0.25) is 9.80 Å². The predicted molar refractivity (Wildman–Crippen MR) is 579 cm³/mol. The second-order valence-electron chi connectivity index (χ2n) is 40.2. The first-order valence-corrected chi connectivity index (χ1v) is 49.7. The molecule has 45 heteroatoms. The number of methoxy groups -OCH3 is 2. The molecule has 2 amide bonds. The number of rotatable bonds is 20. The number of aromatic hydroxyl groups is 1. The molecule has 0 bridgehead atoms.